The van der Waals surface area contributed by atoms with Gasteiger partial charge < -0.3 is 19.7 Å². The molecule has 134 valence electrons. The molecule has 0 radical (unpaired) electrons. The molecule has 0 saturated carbocycles. The van der Waals surface area contributed by atoms with Crippen molar-refractivity contribution in [3.63, 3.8) is 0 Å². The van der Waals surface area contributed by atoms with E-state index in [4.69, 9.17) is 21.1 Å². The van der Waals surface area contributed by atoms with Crippen molar-refractivity contribution in [1.29, 1.82) is 0 Å². The Hall–Kier alpha value is -2.24. The molecule has 1 unspecified atom stereocenters. The number of hydrogen-bond donors (Lipinski definition) is 2. The molecule has 25 heavy (non-hydrogen) atoms. The van der Waals surface area contributed by atoms with Gasteiger partial charge in [-0.25, -0.2) is 0 Å². The maximum atomic E-state index is 12.5. The Labute approximate surface area is 153 Å². The normalized spacial score (nSPS) is 13.0. The van der Waals surface area contributed by atoms with Gasteiger partial charge in [-0.2, -0.15) is 0 Å². The Morgan fingerprint density at radius 1 is 1.20 bits per heavy atom. The van der Waals surface area contributed by atoms with E-state index < -0.39 is 0 Å². The molecule has 0 heterocycles. The van der Waals surface area contributed by atoms with Crippen LogP contribution in [-0.4, -0.2) is 33.2 Å². The highest BCUT2D eigenvalue weighted by Gasteiger charge is 2.23. The average molecular weight is 364 g/mol. The third kappa shape index (κ3) is 5.11. The van der Waals surface area contributed by atoms with E-state index in [1.54, 1.807) is 32.4 Å². The van der Waals surface area contributed by atoms with Crippen molar-refractivity contribution in [3.8, 4) is 11.5 Å². The van der Waals surface area contributed by atoms with E-state index in [1.165, 1.54) is 0 Å². The molecule has 2 aromatic carbocycles. The van der Waals surface area contributed by atoms with Crippen LogP contribution >= 0.6 is 11.6 Å². The number of benzene rings is 2. The highest BCUT2D eigenvalue weighted by atomic mass is 35.5. The predicted molar refractivity (Wildman–Crippen MR) is 99.7 cm³/mol. The second-order valence-corrected chi connectivity index (χ2v) is 6.36. The van der Waals surface area contributed by atoms with Crippen LogP contribution in [0.2, 0.25) is 5.02 Å². The maximum absolute atomic E-state index is 12.5. The molecule has 0 fully saturated rings. The van der Waals surface area contributed by atoms with Crippen molar-refractivity contribution >= 4 is 23.2 Å². The van der Waals surface area contributed by atoms with E-state index in [0.717, 1.165) is 22.0 Å². The summed E-state index contributed by atoms with van der Waals surface area (Å²) in [5.41, 5.74) is 1.71. The smallest absolute Gasteiger partial charge is 0.282 e. The Balaban J connectivity index is 2.04. The topological polar surface area (TPSA) is 52.0 Å². The van der Waals surface area contributed by atoms with Gasteiger partial charge in [0.2, 0.25) is 0 Å². The van der Waals surface area contributed by atoms with Gasteiger partial charge in [0.25, 0.3) is 5.91 Å². The number of methoxy groups -OCH3 is 2. The summed E-state index contributed by atoms with van der Waals surface area (Å²) < 4.78 is 10.6. The number of anilines is 1. The van der Waals surface area contributed by atoms with Crippen molar-refractivity contribution in [1.82, 2.24) is 0 Å². The minimum absolute atomic E-state index is 0.0627. The second-order valence-electron chi connectivity index (χ2n) is 5.92. The summed E-state index contributed by atoms with van der Waals surface area (Å²) in [4.78, 5) is 13.5. The lowest BCUT2D eigenvalue weighted by molar-refractivity contribution is -0.907. The number of rotatable bonds is 7. The first-order valence-corrected chi connectivity index (χ1v) is 8.42. The highest BCUT2D eigenvalue weighted by molar-refractivity contribution is 6.30. The molecular formula is C19H24ClN2O3+. The van der Waals surface area contributed by atoms with Gasteiger partial charge in [-0.05, 0) is 37.3 Å². The van der Waals surface area contributed by atoms with Crippen LogP contribution in [0, 0.1) is 0 Å². The average Bonchev–Trinajstić information content (AvgIpc) is 2.61. The minimum Gasteiger partial charge on any atom is -0.497 e. The highest BCUT2D eigenvalue weighted by Crippen LogP contribution is 2.23. The van der Waals surface area contributed by atoms with Crippen molar-refractivity contribution < 1.29 is 19.2 Å². The maximum Gasteiger partial charge on any atom is 0.282 e. The van der Waals surface area contributed by atoms with Crippen molar-refractivity contribution in [2.75, 3.05) is 26.6 Å². The zero-order valence-corrected chi connectivity index (χ0v) is 15.7. The van der Waals surface area contributed by atoms with Gasteiger partial charge >= 0.3 is 0 Å². The summed E-state index contributed by atoms with van der Waals surface area (Å²) in [5, 5.41) is 3.49. The SMILES string of the molecule is COc1ccc(C[NH+](C)[C@@H](C)C(=O)Nc2cccc(Cl)c2)c(OC)c1. The molecule has 2 atom stereocenters. The molecule has 2 N–H and O–H groups in total. The molecule has 0 bridgehead atoms. The Kier molecular flexibility index (Phi) is 6.67. The molecule has 0 saturated heterocycles. The van der Waals surface area contributed by atoms with E-state index in [9.17, 15) is 4.79 Å². The number of carbonyl (C=O) groups excluding carboxylic acids is 1. The largest absolute Gasteiger partial charge is 0.497 e. The molecule has 5 nitrogen and oxygen atoms in total. The molecule has 0 spiro atoms. The van der Waals surface area contributed by atoms with Gasteiger partial charge in [0.05, 0.1) is 21.3 Å². The van der Waals surface area contributed by atoms with Crippen LogP contribution in [-0.2, 0) is 11.3 Å². The number of likely N-dealkylation sites (N-methyl/N-ethyl adjacent to an activating group) is 1. The Morgan fingerprint density at radius 2 is 1.96 bits per heavy atom. The minimum atomic E-state index is -0.245. The third-order valence-electron chi connectivity index (χ3n) is 4.19. The van der Waals surface area contributed by atoms with Gasteiger partial charge in [-0.1, -0.05) is 17.7 Å². The summed E-state index contributed by atoms with van der Waals surface area (Å²) in [6.07, 6.45) is 0. The first kappa shape index (κ1) is 19.1. The lowest BCUT2D eigenvalue weighted by Crippen LogP contribution is -3.12. The van der Waals surface area contributed by atoms with Gasteiger partial charge in [-0.3, -0.25) is 4.79 Å². The number of quaternary nitrogens is 1. The standard InChI is InChI=1S/C19H23ClN2O3/c1-13(19(23)21-16-7-5-6-15(20)10-16)22(2)12-14-8-9-17(24-3)11-18(14)25-4/h5-11,13H,12H2,1-4H3,(H,21,23)/p+1/t13-/m0/s1. The number of carbonyl (C=O) groups is 1. The number of ether oxygens (including phenoxy) is 2. The van der Waals surface area contributed by atoms with Crippen LogP contribution < -0.4 is 19.7 Å². The summed E-state index contributed by atoms with van der Waals surface area (Å²) in [6.45, 7) is 2.54. The Morgan fingerprint density at radius 3 is 2.60 bits per heavy atom. The molecule has 0 aliphatic rings. The van der Waals surface area contributed by atoms with Crippen molar-refractivity contribution in [2.24, 2.45) is 0 Å². The van der Waals surface area contributed by atoms with Crippen molar-refractivity contribution in [3.05, 3.63) is 53.1 Å². The molecule has 0 aliphatic carbocycles. The number of nitrogens with one attached hydrogen (secondary N) is 2. The summed E-state index contributed by atoms with van der Waals surface area (Å²) in [5.74, 6) is 1.43. The van der Waals surface area contributed by atoms with Crippen LogP contribution in [0.4, 0.5) is 5.69 Å². The molecule has 2 aromatic rings. The molecular weight excluding hydrogens is 340 g/mol. The predicted octanol–water partition coefficient (Wildman–Crippen LogP) is 2.40. The fourth-order valence-electron chi connectivity index (χ4n) is 2.49. The van der Waals surface area contributed by atoms with Crippen LogP contribution in [0.3, 0.4) is 0 Å². The van der Waals surface area contributed by atoms with Gasteiger partial charge in [0.1, 0.15) is 18.0 Å². The van der Waals surface area contributed by atoms with E-state index in [2.05, 4.69) is 5.32 Å². The first-order valence-electron chi connectivity index (χ1n) is 8.04. The molecule has 2 rings (SSSR count). The van der Waals surface area contributed by atoms with Crippen LogP contribution in [0.15, 0.2) is 42.5 Å². The number of amides is 1. The summed E-state index contributed by atoms with van der Waals surface area (Å²) in [6, 6.07) is 12.6. The van der Waals surface area contributed by atoms with Crippen molar-refractivity contribution in [2.45, 2.75) is 19.5 Å². The zero-order valence-electron chi connectivity index (χ0n) is 14.9. The second kappa shape index (κ2) is 8.74. The fourth-order valence-corrected chi connectivity index (χ4v) is 2.68. The van der Waals surface area contributed by atoms with Gasteiger partial charge in [-0.15, -0.1) is 0 Å². The molecule has 6 heteroatoms. The van der Waals surface area contributed by atoms with Gasteiger partial charge in [0.15, 0.2) is 6.04 Å². The summed E-state index contributed by atoms with van der Waals surface area (Å²) in [7, 11) is 5.23. The fraction of sp³-hybridized carbons (Fsp3) is 0.316. The number of hydrogen-bond acceptors (Lipinski definition) is 3. The van der Waals surface area contributed by atoms with E-state index >= 15 is 0 Å². The van der Waals surface area contributed by atoms with Gasteiger partial charge in [0, 0.05) is 22.3 Å². The lowest BCUT2D eigenvalue weighted by Gasteiger charge is -2.22. The lowest BCUT2D eigenvalue weighted by atomic mass is 10.1. The number of halogens is 1. The first-order chi connectivity index (χ1) is 11.9. The van der Waals surface area contributed by atoms with E-state index in [-0.39, 0.29) is 11.9 Å². The van der Waals surface area contributed by atoms with E-state index in [0.29, 0.717) is 17.3 Å². The quantitative estimate of drug-likeness (QED) is 0.794. The zero-order chi connectivity index (χ0) is 18.4. The van der Waals surface area contributed by atoms with Crippen LogP contribution in [0.1, 0.15) is 12.5 Å². The monoisotopic (exact) mass is 363 g/mol. The van der Waals surface area contributed by atoms with Crippen LogP contribution in [0.25, 0.3) is 0 Å². The van der Waals surface area contributed by atoms with E-state index in [1.807, 2.05) is 38.2 Å². The summed E-state index contributed by atoms with van der Waals surface area (Å²) >= 11 is 5.96. The van der Waals surface area contributed by atoms with Crippen LogP contribution in [0.5, 0.6) is 11.5 Å². The molecule has 0 aromatic heterocycles. The third-order valence-corrected chi connectivity index (χ3v) is 4.42. The molecule has 0 aliphatic heterocycles. The Bertz CT molecular complexity index is 736. The molecule has 1 amide bonds.